The molecule has 3 nitrogen and oxygen atoms in total. The number of nitrogens with one attached hydrogen (secondary N) is 1. The fourth-order valence-corrected chi connectivity index (χ4v) is 5.05. The number of hydrogen-bond donors (Lipinski definition) is 1. The minimum atomic E-state index is -0.225. The molecule has 0 aromatic heterocycles. The van der Waals surface area contributed by atoms with Crippen molar-refractivity contribution in [2.24, 2.45) is 0 Å². The van der Waals surface area contributed by atoms with Gasteiger partial charge in [0.2, 0.25) is 5.91 Å². The molecule has 0 aliphatic carbocycles. The molecule has 0 radical (unpaired) electrons. The number of likely N-dealkylation sites (tertiary alicyclic amines) is 1. The number of rotatable bonds is 7. The van der Waals surface area contributed by atoms with E-state index in [1.807, 2.05) is 6.07 Å². The Bertz CT molecular complexity index is 916. The molecule has 1 fully saturated rings. The number of carbonyl (C=O) groups is 1. The molecule has 3 heteroatoms. The molecule has 0 saturated carbocycles. The standard InChI is InChI=1S/C27H30N2O/c1-3-27(23-15-9-5-10-16-23,24-17-11-6-12-18-24)29-20-19-25(29)26(28-21(2)30)22-13-7-4-8-14-22/h4-18,25-26H,3,19-20H2,1-2H3,(H,28,30). The number of amides is 1. The van der Waals surface area contributed by atoms with Gasteiger partial charge in [-0.3, -0.25) is 9.69 Å². The van der Waals surface area contributed by atoms with Crippen molar-refractivity contribution in [3.05, 3.63) is 108 Å². The highest BCUT2D eigenvalue weighted by Gasteiger charge is 2.49. The molecule has 1 amide bonds. The van der Waals surface area contributed by atoms with Crippen LogP contribution < -0.4 is 5.32 Å². The van der Waals surface area contributed by atoms with Crippen LogP contribution in [0.2, 0.25) is 0 Å². The molecule has 1 aliphatic heterocycles. The monoisotopic (exact) mass is 398 g/mol. The van der Waals surface area contributed by atoms with Gasteiger partial charge in [-0.05, 0) is 29.5 Å². The van der Waals surface area contributed by atoms with E-state index in [0.29, 0.717) is 0 Å². The third-order valence-electron chi connectivity index (χ3n) is 6.47. The Labute approximate surface area is 179 Å². The van der Waals surface area contributed by atoms with Gasteiger partial charge < -0.3 is 5.32 Å². The van der Waals surface area contributed by atoms with Crippen LogP contribution in [-0.4, -0.2) is 23.4 Å². The van der Waals surface area contributed by atoms with Crippen molar-refractivity contribution in [1.29, 1.82) is 0 Å². The summed E-state index contributed by atoms with van der Waals surface area (Å²) < 4.78 is 0. The Balaban J connectivity index is 1.80. The van der Waals surface area contributed by atoms with Crippen LogP contribution in [0.15, 0.2) is 91.0 Å². The highest BCUT2D eigenvalue weighted by molar-refractivity contribution is 5.73. The van der Waals surface area contributed by atoms with Gasteiger partial charge >= 0.3 is 0 Å². The molecule has 3 aromatic carbocycles. The van der Waals surface area contributed by atoms with Crippen molar-refractivity contribution >= 4 is 5.91 Å². The van der Waals surface area contributed by atoms with Gasteiger partial charge in [0.1, 0.15) is 0 Å². The molecule has 30 heavy (non-hydrogen) atoms. The molecule has 0 bridgehead atoms. The van der Waals surface area contributed by atoms with E-state index in [1.165, 1.54) is 11.1 Å². The van der Waals surface area contributed by atoms with Gasteiger partial charge in [-0.15, -0.1) is 0 Å². The third kappa shape index (κ3) is 3.66. The molecule has 2 unspecified atom stereocenters. The highest BCUT2D eigenvalue weighted by Crippen LogP contribution is 2.46. The lowest BCUT2D eigenvalue weighted by molar-refractivity contribution is -0.121. The van der Waals surface area contributed by atoms with Crippen LogP contribution in [-0.2, 0) is 10.3 Å². The number of nitrogens with zero attached hydrogens (tertiary/aromatic N) is 1. The van der Waals surface area contributed by atoms with E-state index in [0.717, 1.165) is 24.9 Å². The second-order valence-electron chi connectivity index (χ2n) is 8.08. The SMILES string of the molecule is CCC(c1ccccc1)(c1ccccc1)N1CCC1C(NC(C)=O)c1ccccc1. The topological polar surface area (TPSA) is 32.3 Å². The first-order valence-electron chi connectivity index (χ1n) is 10.9. The van der Waals surface area contributed by atoms with Gasteiger partial charge in [-0.1, -0.05) is 97.9 Å². The first kappa shape index (κ1) is 20.4. The fraction of sp³-hybridized carbons (Fsp3) is 0.296. The summed E-state index contributed by atoms with van der Waals surface area (Å²) in [6.45, 7) is 4.89. The van der Waals surface area contributed by atoms with E-state index in [4.69, 9.17) is 0 Å². The quantitative estimate of drug-likeness (QED) is 0.586. The van der Waals surface area contributed by atoms with Crippen molar-refractivity contribution in [2.75, 3.05) is 6.54 Å². The van der Waals surface area contributed by atoms with Gasteiger partial charge in [-0.25, -0.2) is 0 Å². The predicted molar refractivity (Wildman–Crippen MR) is 122 cm³/mol. The third-order valence-corrected chi connectivity index (χ3v) is 6.47. The molecule has 1 saturated heterocycles. The number of hydrogen-bond acceptors (Lipinski definition) is 2. The molecule has 154 valence electrons. The van der Waals surface area contributed by atoms with Crippen LogP contribution in [0.1, 0.15) is 49.4 Å². The summed E-state index contributed by atoms with van der Waals surface area (Å²) in [6.07, 6.45) is 2.01. The van der Waals surface area contributed by atoms with Crippen molar-refractivity contribution in [2.45, 2.75) is 44.3 Å². The Morgan fingerprint density at radius 1 is 0.933 bits per heavy atom. The normalized spacial score (nSPS) is 17.7. The largest absolute Gasteiger partial charge is 0.348 e. The minimum Gasteiger partial charge on any atom is -0.348 e. The van der Waals surface area contributed by atoms with Crippen LogP contribution >= 0.6 is 0 Å². The molecule has 4 rings (SSSR count). The summed E-state index contributed by atoms with van der Waals surface area (Å²) in [6, 6.07) is 32.2. The zero-order valence-electron chi connectivity index (χ0n) is 17.8. The lowest BCUT2D eigenvalue weighted by Gasteiger charge is -2.56. The molecular weight excluding hydrogens is 368 g/mol. The van der Waals surface area contributed by atoms with Gasteiger partial charge in [0.25, 0.3) is 0 Å². The molecule has 2 atom stereocenters. The predicted octanol–water partition coefficient (Wildman–Crippen LogP) is 5.29. The summed E-state index contributed by atoms with van der Waals surface area (Å²) in [4.78, 5) is 14.7. The average molecular weight is 399 g/mol. The van der Waals surface area contributed by atoms with Crippen LogP contribution in [0.5, 0.6) is 0 Å². The van der Waals surface area contributed by atoms with Crippen molar-refractivity contribution in [1.82, 2.24) is 10.2 Å². The van der Waals surface area contributed by atoms with E-state index in [9.17, 15) is 4.79 Å². The summed E-state index contributed by atoms with van der Waals surface area (Å²) in [5.74, 6) is 0.0113. The molecule has 1 heterocycles. The van der Waals surface area contributed by atoms with Crippen LogP contribution in [0.3, 0.4) is 0 Å². The summed E-state index contributed by atoms with van der Waals surface area (Å²) in [7, 11) is 0. The van der Waals surface area contributed by atoms with Gasteiger partial charge in [-0.2, -0.15) is 0 Å². The zero-order valence-corrected chi connectivity index (χ0v) is 17.8. The van der Waals surface area contributed by atoms with E-state index in [1.54, 1.807) is 6.92 Å². The summed E-state index contributed by atoms with van der Waals surface area (Å²) in [5, 5.41) is 3.25. The maximum absolute atomic E-state index is 12.1. The Morgan fingerprint density at radius 2 is 1.43 bits per heavy atom. The number of benzene rings is 3. The maximum Gasteiger partial charge on any atom is 0.217 e. The molecule has 3 aromatic rings. The summed E-state index contributed by atoms with van der Waals surface area (Å²) in [5.41, 5.74) is 3.54. The van der Waals surface area contributed by atoms with E-state index in [2.05, 4.69) is 102 Å². The number of carbonyl (C=O) groups excluding carboxylic acids is 1. The minimum absolute atomic E-state index is 0.0113. The van der Waals surface area contributed by atoms with E-state index >= 15 is 0 Å². The Morgan fingerprint density at radius 3 is 1.83 bits per heavy atom. The highest BCUT2D eigenvalue weighted by atomic mass is 16.1. The Kier molecular flexibility index (Phi) is 6.01. The first-order chi connectivity index (χ1) is 14.7. The first-order valence-corrected chi connectivity index (χ1v) is 10.9. The Hall–Kier alpha value is -2.91. The lowest BCUT2D eigenvalue weighted by atomic mass is 9.74. The van der Waals surface area contributed by atoms with Gasteiger partial charge in [0.15, 0.2) is 0 Å². The van der Waals surface area contributed by atoms with Crippen LogP contribution in [0.25, 0.3) is 0 Å². The van der Waals surface area contributed by atoms with E-state index < -0.39 is 0 Å². The average Bonchev–Trinajstić information content (AvgIpc) is 2.77. The zero-order chi connectivity index (χ0) is 21.0. The van der Waals surface area contributed by atoms with Crippen molar-refractivity contribution in [3.8, 4) is 0 Å². The van der Waals surface area contributed by atoms with Gasteiger partial charge in [0, 0.05) is 19.5 Å². The lowest BCUT2D eigenvalue weighted by Crippen LogP contribution is -2.63. The maximum atomic E-state index is 12.1. The second-order valence-corrected chi connectivity index (χ2v) is 8.08. The fourth-order valence-electron chi connectivity index (χ4n) is 5.05. The molecule has 1 N–H and O–H groups in total. The van der Waals surface area contributed by atoms with Crippen molar-refractivity contribution < 1.29 is 4.79 Å². The molecule has 0 spiro atoms. The molecule has 1 aliphatic rings. The van der Waals surface area contributed by atoms with Gasteiger partial charge in [0.05, 0.1) is 11.6 Å². The second kappa shape index (κ2) is 8.85. The van der Waals surface area contributed by atoms with Crippen LogP contribution in [0.4, 0.5) is 0 Å². The molecular formula is C27H30N2O. The smallest absolute Gasteiger partial charge is 0.217 e. The van der Waals surface area contributed by atoms with Crippen molar-refractivity contribution in [3.63, 3.8) is 0 Å². The van der Waals surface area contributed by atoms with E-state index in [-0.39, 0.29) is 23.5 Å². The van der Waals surface area contributed by atoms with Crippen LogP contribution in [0, 0.1) is 0 Å². The summed E-state index contributed by atoms with van der Waals surface area (Å²) >= 11 is 0.